The predicted octanol–water partition coefficient (Wildman–Crippen LogP) is 1.95. The number of nitrogens with zero attached hydrogens (tertiary/aromatic N) is 3. The number of pyridine rings is 1. The van der Waals surface area contributed by atoms with E-state index in [-0.39, 0.29) is 11.5 Å². The first-order valence-corrected chi connectivity index (χ1v) is 8.49. The van der Waals surface area contributed by atoms with Gasteiger partial charge < -0.3 is 9.47 Å². The third kappa shape index (κ3) is 3.83. The summed E-state index contributed by atoms with van der Waals surface area (Å²) in [6, 6.07) is 2.48. The first-order chi connectivity index (χ1) is 10.8. The van der Waals surface area contributed by atoms with Gasteiger partial charge in [0.05, 0.1) is 0 Å². The molecule has 1 atom stereocenters. The van der Waals surface area contributed by atoms with Crippen molar-refractivity contribution in [1.82, 2.24) is 14.4 Å². The van der Waals surface area contributed by atoms with Gasteiger partial charge in [-0.15, -0.1) is 0 Å². The summed E-state index contributed by atoms with van der Waals surface area (Å²) in [7, 11) is 3.50. The van der Waals surface area contributed by atoms with Crippen molar-refractivity contribution < 1.29 is 4.79 Å². The molecule has 0 aliphatic carbocycles. The average molecular weight is 319 g/mol. The van der Waals surface area contributed by atoms with E-state index >= 15 is 0 Å². The third-order valence-electron chi connectivity index (χ3n) is 5.09. The molecular weight excluding hydrogens is 290 g/mol. The first kappa shape index (κ1) is 17.7. The average Bonchev–Trinajstić information content (AvgIpc) is 2.51. The second kappa shape index (κ2) is 7.30. The highest BCUT2D eigenvalue weighted by atomic mass is 16.2. The normalized spacial score (nSPS) is 18.9. The summed E-state index contributed by atoms with van der Waals surface area (Å²) >= 11 is 0. The van der Waals surface area contributed by atoms with Crippen LogP contribution in [0.1, 0.15) is 47.8 Å². The molecule has 5 heteroatoms. The van der Waals surface area contributed by atoms with Crippen LogP contribution < -0.4 is 5.56 Å². The van der Waals surface area contributed by atoms with Crippen LogP contribution in [0.4, 0.5) is 0 Å². The minimum atomic E-state index is -0.203. The van der Waals surface area contributed by atoms with Crippen LogP contribution in [0.3, 0.4) is 0 Å². The highest BCUT2D eigenvalue weighted by Gasteiger charge is 2.22. The lowest BCUT2D eigenvalue weighted by atomic mass is 10.0. The number of amides is 1. The minimum Gasteiger partial charge on any atom is -0.340 e. The maximum atomic E-state index is 12.7. The van der Waals surface area contributed by atoms with Gasteiger partial charge in [-0.1, -0.05) is 6.42 Å². The van der Waals surface area contributed by atoms with Crippen molar-refractivity contribution in [2.75, 3.05) is 26.7 Å². The van der Waals surface area contributed by atoms with E-state index < -0.39 is 0 Å². The number of likely N-dealkylation sites (N-methyl/N-ethyl adjacent to an activating group) is 1. The van der Waals surface area contributed by atoms with E-state index in [1.54, 1.807) is 23.6 Å². The minimum absolute atomic E-state index is 0.173. The second-order valence-electron chi connectivity index (χ2n) is 6.82. The van der Waals surface area contributed by atoms with E-state index in [4.69, 9.17) is 0 Å². The van der Waals surface area contributed by atoms with E-state index in [9.17, 15) is 9.59 Å². The number of likely N-dealkylation sites (tertiary alicyclic amines) is 1. The number of hydrogen-bond acceptors (Lipinski definition) is 3. The first-order valence-electron chi connectivity index (χ1n) is 8.49. The highest BCUT2D eigenvalue weighted by molar-refractivity contribution is 5.95. The van der Waals surface area contributed by atoms with Gasteiger partial charge in [-0.05, 0) is 51.8 Å². The summed E-state index contributed by atoms with van der Waals surface area (Å²) in [5, 5.41) is 0. The number of rotatable bonds is 4. The monoisotopic (exact) mass is 319 g/mol. The molecule has 23 heavy (non-hydrogen) atoms. The number of hydrogen-bond donors (Lipinski definition) is 0. The van der Waals surface area contributed by atoms with Gasteiger partial charge in [0.1, 0.15) is 5.56 Å². The number of piperidine rings is 1. The van der Waals surface area contributed by atoms with E-state index in [0.29, 0.717) is 18.2 Å². The summed E-state index contributed by atoms with van der Waals surface area (Å²) in [6.45, 7) is 8.59. The van der Waals surface area contributed by atoms with Crippen molar-refractivity contribution >= 4 is 5.91 Å². The van der Waals surface area contributed by atoms with E-state index in [2.05, 4.69) is 11.8 Å². The van der Waals surface area contributed by atoms with Crippen molar-refractivity contribution in [3.63, 3.8) is 0 Å². The van der Waals surface area contributed by atoms with Crippen LogP contribution in [-0.4, -0.2) is 53.0 Å². The Balaban J connectivity index is 2.08. The number of aryl methyl sites for hydroxylation is 2. The quantitative estimate of drug-likeness (QED) is 0.852. The third-order valence-corrected chi connectivity index (χ3v) is 5.09. The Morgan fingerprint density at radius 2 is 2.04 bits per heavy atom. The lowest BCUT2D eigenvalue weighted by Gasteiger charge is -2.34. The Bertz CT molecular complexity index is 636. The van der Waals surface area contributed by atoms with Gasteiger partial charge in [0.15, 0.2) is 0 Å². The van der Waals surface area contributed by atoms with Crippen molar-refractivity contribution in [3.05, 3.63) is 33.2 Å². The van der Waals surface area contributed by atoms with Gasteiger partial charge in [0.2, 0.25) is 0 Å². The van der Waals surface area contributed by atoms with E-state index in [1.807, 2.05) is 19.9 Å². The summed E-state index contributed by atoms with van der Waals surface area (Å²) < 4.78 is 1.54. The van der Waals surface area contributed by atoms with Gasteiger partial charge in [0.25, 0.3) is 11.5 Å². The Morgan fingerprint density at radius 1 is 1.35 bits per heavy atom. The Labute approximate surface area is 138 Å². The standard InChI is InChI=1S/C18H29N3O2/c1-13-12-15(3)20(5)18(23)16(13)17(22)19(4)10-11-21-9-7-6-8-14(21)2/h12,14H,6-11H2,1-5H3/t14-/m0/s1. The summed E-state index contributed by atoms with van der Waals surface area (Å²) in [4.78, 5) is 29.2. The fraction of sp³-hybridized carbons (Fsp3) is 0.667. The molecule has 2 rings (SSSR count). The Kier molecular flexibility index (Phi) is 5.63. The molecule has 1 amide bonds. The van der Waals surface area contributed by atoms with Gasteiger partial charge >= 0.3 is 0 Å². The number of aromatic nitrogens is 1. The van der Waals surface area contributed by atoms with Crippen LogP contribution in [-0.2, 0) is 7.05 Å². The molecule has 1 aliphatic heterocycles. The lowest BCUT2D eigenvalue weighted by molar-refractivity contribution is 0.0749. The van der Waals surface area contributed by atoms with E-state index in [1.165, 1.54) is 19.3 Å². The maximum absolute atomic E-state index is 12.7. The van der Waals surface area contributed by atoms with Crippen LogP contribution in [0.15, 0.2) is 10.9 Å². The zero-order valence-corrected chi connectivity index (χ0v) is 15.1. The molecule has 0 aromatic carbocycles. The Morgan fingerprint density at radius 3 is 2.70 bits per heavy atom. The van der Waals surface area contributed by atoms with Crippen LogP contribution in [0, 0.1) is 13.8 Å². The van der Waals surface area contributed by atoms with Crippen molar-refractivity contribution in [3.8, 4) is 0 Å². The second-order valence-corrected chi connectivity index (χ2v) is 6.82. The highest BCUT2D eigenvalue weighted by Crippen LogP contribution is 2.16. The molecular formula is C18H29N3O2. The molecule has 0 saturated carbocycles. The fourth-order valence-electron chi connectivity index (χ4n) is 3.30. The van der Waals surface area contributed by atoms with Gasteiger partial charge in [-0.25, -0.2) is 0 Å². The Hall–Kier alpha value is -1.62. The molecule has 0 unspecified atom stereocenters. The van der Waals surface area contributed by atoms with Gasteiger partial charge in [-0.2, -0.15) is 0 Å². The molecule has 0 bridgehead atoms. The van der Waals surface area contributed by atoms with E-state index in [0.717, 1.165) is 24.3 Å². The molecule has 1 saturated heterocycles. The SMILES string of the molecule is Cc1cc(C)n(C)c(=O)c1C(=O)N(C)CCN1CCCC[C@@H]1C. The zero-order valence-electron chi connectivity index (χ0n) is 15.1. The van der Waals surface area contributed by atoms with Crippen molar-refractivity contribution in [2.24, 2.45) is 7.05 Å². The largest absolute Gasteiger partial charge is 0.340 e. The molecule has 5 nitrogen and oxygen atoms in total. The topological polar surface area (TPSA) is 45.6 Å². The van der Waals surface area contributed by atoms with Gasteiger partial charge in [0, 0.05) is 38.9 Å². The van der Waals surface area contributed by atoms with Crippen molar-refractivity contribution in [2.45, 2.75) is 46.1 Å². The van der Waals surface area contributed by atoms with Crippen LogP contribution in [0.2, 0.25) is 0 Å². The number of carbonyl (C=O) groups excluding carboxylic acids is 1. The summed E-state index contributed by atoms with van der Waals surface area (Å²) in [5.41, 5.74) is 1.72. The van der Waals surface area contributed by atoms with Gasteiger partial charge in [-0.3, -0.25) is 14.5 Å². The molecule has 1 aromatic rings. The smallest absolute Gasteiger partial charge is 0.263 e. The molecule has 0 spiro atoms. The molecule has 2 heterocycles. The molecule has 128 valence electrons. The maximum Gasteiger partial charge on any atom is 0.263 e. The number of carbonyl (C=O) groups is 1. The lowest BCUT2D eigenvalue weighted by Crippen LogP contribution is -2.44. The molecule has 1 aliphatic rings. The molecule has 0 N–H and O–H groups in total. The zero-order chi connectivity index (χ0) is 17.1. The van der Waals surface area contributed by atoms with Crippen molar-refractivity contribution in [1.29, 1.82) is 0 Å². The molecule has 0 radical (unpaired) electrons. The summed E-state index contributed by atoms with van der Waals surface area (Å²) in [6.07, 6.45) is 3.76. The fourth-order valence-corrected chi connectivity index (χ4v) is 3.30. The van der Waals surface area contributed by atoms with Crippen LogP contribution in [0.5, 0.6) is 0 Å². The molecule has 1 aromatic heterocycles. The molecule has 1 fully saturated rings. The summed E-state index contributed by atoms with van der Waals surface area (Å²) in [5.74, 6) is -0.173. The predicted molar refractivity (Wildman–Crippen MR) is 93.0 cm³/mol. The van der Waals surface area contributed by atoms with Crippen LogP contribution >= 0.6 is 0 Å². The van der Waals surface area contributed by atoms with Crippen LogP contribution in [0.25, 0.3) is 0 Å².